The van der Waals surface area contributed by atoms with Crippen molar-refractivity contribution in [3.05, 3.63) is 17.7 Å². The molecule has 29 heavy (non-hydrogen) atoms. The molecular weight excluding hydrogens is 398 g/mol. The largest absolute Gasteiger partial charge is 0.493 e. The molecule has 9 nitrogen and oxygen atoms in total. The normalized spacial score (nSPS) is 19.9. The molecule has 0 aromatic heterocycles. The van der Waals surface area contributed by atoms with Crippen molar-refractivity contribution in [1.82, 2.24) is 10.2 Å². The van der Waals surface area contributed by atoms with E-state index in [1.54, 1.807) is 14.2 Å². The predicted octanol–water partition coefficient (Wildman–Crippen LogP) is 1.48. The highest BCUT2D eigenvalue weighted by atomic mass is 35.5. The van der Waals surface area contributed by atoms with E-state index in [1.807, 2.05) is 24.1 Å². The second kappa shape index (κ2) is 10.5. The number of hydrogen-bond acceptors (Lipinski definition) is 8. The second-order valence-corrected chi connectivity index (χ2v) is 6.88. The Balaban J connectivity index is 0.00000300. The SMILES string of the molecule is COc1cc2c(cc1OC)C(N)N=C(N(C)CCCNC(=O)C1CCCO1)N2.Cl. The molecule has 162 valence electrons. The highest BCUT2D eigenvalue weighted by molar-refractivity contribution is 5.96. The summed E-state index contributed by atoms with van der Waals surface area (Å²) in [5.41, 5.74) is 7.92. The third-order valence-corrected chi connectivity index (χ3v) is 4.94. The zero-order valence-electron chi connectivity index (χ0n) is 17.1. The maximum Gasteiger partial charge on any atom is 0.249 e. The summed E-state index contributed by atoms with van der Waals surface area (Å²) in [5, 5.41) is 6.23. The first kappa shape index (κ1) is 23.1. The number of halogens is 1. The molecule has 2 unspecified atom stereocenters. The van der Waals surface area contributed by atoms with Gasteiger partial charge in [0, 0.05) is 38.4 Å². The number of fused-ring (bicyclic) bond motifs is 1. The van der Waals surface area contributed by atoms with Crippen LogP contribution in [0.3, 0.4) is 0 Å². The molecule has 2 aliphatic heterocycles. The minimum absolute atomic E-state index is 0. The van der Waals surface area contributed by atoms with E-state index in [2.05, 4.69) is 15.6 Å². The maximum atomic E-state index is 12.0. The van der Waals surface area contributed by atoms with Gasteiger partial charge >= 0.3 is 0 Å². The van der Waals surface area contributed by atoms with Crippen molar-refractivity contribution in [2.45, 2.75) is 31.5 Å². The van der Waals surface area contributed by atoms with Gasteiger partial charge in [-0.05, 0) is 25.3 Å². The molecule has 0 radical (unpaired) electrons. The first-order valence-corrected chi connectivity index (χ1v) is 9.50. The first-order chi connectivity index (χ1) is 13.5. The van der Waals surface area contributed by atoms with E-state index in [-0.39, 0.29) is 24.4 Å². The molecule has 0 bridgehead atoms. The number of guanidine groups is 1. The molecule has 2 aliphatic rings. The number of aliphatic imine (C=N–C) groups is 1. The van der Waals surface area contributed by atoms with E-state index in [0.29, 0.717) is 37.2 Å². The van der Waals surface area contributed by atoms with Gasteiger partial charge in [0.2, 0.25) is 5.91 Å². The third-order valence-electron chi connectivity index (χ3n) is 4.94. The summed E-state index contributed by atoms with van der Waals surface area (Å²) in [5.74, 6) is 1.90. The Morgan fingerprint density at radius 1 is 1.38 bits per heavy atom. The van der Waals surface area contributed by atoms with Crippen LogP contribution < -0.4 is 25.8 Å². The number of benzene rings is 1. The van der Waals surface area contributed by atoms with Gasteiger partial charge in [-0.15, -0.1) is 12.4 Å². The molecular formula is C19H30ClN5O4. The molecule has 3 rings (SSSR count). The molecule has 1 fully saturated rings. The average Bonchev–Trinajstić information content (AvgIpc) is 3.24. The van der Waals surface area contributed by atoms with Crippen LogP contribution >= 0.6 is 12.4 Å². The van der Waals surface area contributed by atoms with E-state index >= 15 is 0 Å². The molecule has 10 heteroatoms. The van der Waals surface area contributed by atoms with Crippen LogP contribution in [0.15, 0.2) is 17.1 Å². The zero-order valence-corrected chi connectivity index (χ0v) is 17.9. The molecule has 1 saturated heterocycles. The fourth-order valence-electron chi connectivity index (χ4n) is 3.33. The van der Waals surface area contributed by atoms with Crippen molar-refractivity contribution < 1.29 is 19.0 Å². The fraction of sp³-hybridized carbons (Fsp3) is 0.579. The molecule has 1 aromatic carbocycles. The van der Waals surface area contributed by atoms with E-state index in [4.69, 9.17) is 19.9 Å². The summed E-state index contributed by atoms with van der Waals surface area (Å²) in [7, 11) is 5.12. The quantitative estimate of drug-likeness (QED) is 0.565. The molecule has 0 saturated carbocycles. The summed E-state index contributed by atoms with van der Waals surface area (Å²) >= 11 is 0. The lowest BCUT2D eigenvalue weighted by atomic mass is 10.1. The van der Waals surface area contributed by atoms with Crippen molar-refractivity contribution in [3.8, 4) is 11.5 Å². The molecule has 0 aliphatic carbocycles. The van der Waals surface area contributed by atoms with Gasteiger partial charge in [0.15, 0.2) is 17.5 Å². The molecule has 1 aromatic rings. The summed E-state index contributed by atoms with van der Waals surface area (Å²) < 4.78 is 16.1. The van der Waals surface area contributed by atoms with Crippen LogP contribution in [-0.4, -0.2) is 63.8 Å². The molecule has 4 N–H and O–H groups in total. The Morgan fingerprint density at radius 3 is 2.76 bits per heavy atom. The Labute approximate surface area is 177 Å². The van der Waals surface area contributed by atoms with Crippen LogP contribution in [0, 0.1) is 0 Å². The number of rotatable bonds is 7. The number of methoxy groups -OCH3 is 2. The monoisotopic (exact) mass is 427 g/mol. The third kappa shape index (κ3) is 5.43. The molecule has 2 heterocycles. The average molecular weight is 428 g/mol. The van der Waals surface area contributed by atoms with Gasteiger partial charge in [-0.2, -0.15) is 0 Å². The van der Waals surface area contributed by atoms with E-state index in [9.17, 15) is 4.79 Å². The van der Waals surface area contributed by atoms with Crippen LogP contribution in [0.1, 0.15) is 31.0 Å². The maximum absolute atomic E-state index is 12.0. The summed E-state index contributed by atoms with van der Waals surface area (Å²) in [6.45, 7) is 1.97. The number of nitrogens with two attached hydrogens (primary N) is 1. The number of nitrogens with one attached hydrogen (secondary N) is 2. The highest BCUT2D eigenvalue weighted by Gasteiger charge is 2.24. The number of nitrogens with zero attached hydrogens (tertiary/aromatic N) is 2. The number of carbonyl (C=O) groups excluding carboxylic acids is 1. The van der Waals surface area contributed by atoms with Crippen LogP contribution in [0.4, 0.5) is 5.69 Å². The number of anilines is 1. The van der Waals surface area contributed by atoms with Crippen molar-refractivity contribution >= 4 is 30.0 Å². The first-order valence-electron chi connectivity index (χ1n) is 9.50. The predicted molar refractivity (Wildman–Crippen MR) is 114 cm³/mol. The Kier molecular flexibility index (Phi) is 8.36. The van der Waals surface area contributed by atoms with Gasteiger partial charge in [0.05, 0.1) is 19.9 Å². The van der Waals surface area contributed by atoms with Crippen molar-refractivity contribution in [3.63, 3.8) is 0 Å². The summed E-state index contributed by atoms with van der Waals surface area (Å²) in [4.78, 5) is 18.5. The number of ether oxygens (including phenoxy) is 3. The standard InChI is InChI=1S/C19H29N5O4.ClH/c1-24(8-5-7-21-18(25)14-6-4-9-28-14)19-22-13-11-16(27-3)15(26-2)10-12(13)17(20)23-19;/h10-11,14,17H,4-9,20H2,1-3H3,(H,21,25)(H,22,23);1H. The second-order valence-electron chi connectivity index (χ2n) is 6.88. The van der Waals surface area contributed by atoms with Gasteiger partial charge in [-0.3, -0.25) is 4.79 Å². The highest BCUT2D eigenvalue weighted by Crippen LogP contribution is 2.37. The Morgan fingerprint density at radius 2 is 2.10 bits per heavy atom. The summed E-state index contributed by atoms with van der Waals surface area (Å²) in [6.07, 6.45) is 1.75. The topological polar surface area (TPSA) is 110 Å². The minimum atomic E-state index is -0.493. The number of hydrogen-bond donors (Lipinski definition) is 3. The Bertz CT molecular complexity index is 740. The van der Waals surface area contributed by atoms with Crippen molar-refractivity contribution in [2.75, 3.05) is 46.3 Å². The summed E-state index contributed by atoms with van der Waals surface area (Å²) in [6, 6.07) is 3.70. The van der Waals surface area contributed by atoms with Crippen molar-refractivity contribution in [2.24, 2.45) is 10.7 Å². The Hall–Kier alpha value is -2.23. The number of carbonyl (C=O) groups is 1. The van der Waals surface area contributed by atoms with Crippen molar-refractivity contribution in [1.29, 1.82) is 0 Å². The van der Waals surface area contributed by atoms with E-state index in [1.165, 1.54) is 0 Å². The van der Waals surface area contributed by atoms with Gasteiger partial charge in [0.25, 0.3) is 0 Å². The van der Waals surface area contributed by atoms with E-state index in [0.717, 1.165) is 30.5 Å². The smallest absolute Gasteiger partial charge is 0.249 e. The lowest BCUT2D eigenvalue weighted by molar-refractivity contribution is -0.130. The number of amides is 1. The van der Waals surface area contributed by atoms with Gasteiger partial charge in [0.1, 0.15) is 12.3 Å². The van der Waals surface area contributed by atoms with Crippen LogP contribution in [0.2, 0.25) is 0 Å². The molecule has 2 atom stereocenters. The van der Waals surface area contributed by atoms with Gasteiger partial charge < -0.3 is 35.5 Å². The van der Waals surface area contributed by atoms with E-state index < -0.39 is 6.17 Å². The van der Waals surface area contributed by atoms with Gasteiger partial charge in [-0.1, -0.05) is 0 Å². The van der Waals surface area contributed by atoms with Crippen LogP contribution in [0.5, 0.6) is 11.5 Å². The van der Waals surface area contributed by atoms with Gasteiger partial charge in [-0.25, -0.2) is 4.99 Å². The molecule has 1 amide bonds. The van der Waals surface area contributed by atoms with Crippen LogP contribution in [-0.2, 0) is 9.53 Å². The van der Waals surface area contributed by atoms with Crippen LogP contribution in [0.25, 0.3) is 0 Å². The minimum Gasteiger partial charge on any atom is -0.493 e. The zero-order chi connectivity index (χ0) is 20.1. The lowest BCUT2D eigenvalue weighted by Crippen LogP contribution is -2.39. The fourth-order valence-corrected chi connectivity index (χ4v) is 3.33. The molecule has 0 spiro atoms. The lowest BCUT2D eigenvalue weighted by Gasteiger charge is -2.29.